The van der Waals surface area contributed by atoms with Crippen molar-refractivity contribution in [2.75, 3.05) is 5.32 Å². The minimum atomic E-state index is -0.379. The Labute approximate surface area is 98.5 Å². The van der Waals surface area contributed by atoms with Gasteiger partial charge < -0.3 is 16.3 Å². The molecule has 5 N–H and O–H groups in total. The van der Waals surface area contributed by atoms with Gasteiger partial charge in [-0.1, -0.05) is 5.16 Å². The van der Waals surface area contributed by atoms with Crippen LogP contribution in [0.15, 0.2) is 11.4 Å². The highest BCUT2D eigenvalue weighted by Gasteiger charge is 2.15. The third-order valence-electron chi connectivity index (χ3n) is 1.97. The SMILES string of the molecule is CC(C)NC(=O)Nc1c(C(N)=NO)cnn1C. The largest absolute Gasteiger partial charge is 0.409 e. The fourth-order valence-corrected chi connectivity index (χ4v) is 1.23. The Kier molecular flexibility index (Phi) is 3.91. The predicted octanol–water partition coefficient (Wildman–Crippen LogP) is 0.0445. The molecule has 1 rings (SSSR count). The lowest BCUT2D eigenvalue weighted by atomic mass is 10.3. The molecule has 1 aromatic rings. The molecule has 94 valence electrons. The molecule has 17 heavy (non-hydrogen) atoms. The molecule has 0 fully saturated rings. The van der Waals surface area contributed by atoms with Crippen LogP contribution in [0.5, 0.6) is 0 Å². The van der Waals surface area contributed by atoms with E-state index in [-0.39, 0.29) is 17.9 Å². The van der Waals surface area contributed by atoms with E-state index in [9.17, 15) is 4.79 Å². The molecule has 8 nitrogen and oxygen atoms in total. The molecule has 8 heteroatoms. The maximum Gasteiger partial charge on any atom is 0.320 e. The molecule has 0 bridgehead atoms. The zero-order valence-corrected chi connectivity index (χ0v) is 9.93. The number of rotatable bonds is 3. The van der Waals surface area contributed by atoms with Crippen LogP contribution >= 0.6 is 0 Å². The average Bonchev–Trinajstić information content (AvgIpc) is 2.58. The van der Waals surface area contributed by atoms with Crippen LogP contribution in [-0.2, 0) is 7.05 Å². The van der Waals surface area contributed by atoms with Crippen molar-refractivity contribution >= 4 is 17.7 Å². The van der Waals surface area contributed by atoms with Crippen molar-refractivity contribution in [3.05, 3.63) is 11.8 Å². The minimum Gasteiger partial charge on any atom is -0.409 e. The van der Waals surface area contributed by atoms with Gasteiger partial charge in [0.25, 0.3) is 0 Å². The smallest absolute Gasteiger partial charge is 0.320 e. The summed E-state index contributed by atoms with van der Waals surface area (Å²) in [6.07, 6.45) is 1.40. The quantitative estimate of drug-likeness (QED) is 0.258. The Morgan fingerprint density at radius 1 is 1.65 bits per heavy atom. The second kappa shape index (κ2) is 5.19. The summed E-state index contributed by atoms with van der Waals surface area (Å²) in [5.74, 6) is 0.247. The number of oxime groups is 1. The lowest BCUT2D eigenvalue weighted by Gasteiger charge is -2.11. The second-order valence-corrected chi connectivity index (χ2v) is 3.77. The van der Waals surface area contributed by atoms with Crippen LogP contribution < -0.4 is 16.4 Å². The van der Waals surface area contributed by atoms with Crippen molar-refractivity contribution in [1.82, 2.24) is 15.1 Å². The van der Waals surface area contributed by atoms with Crippen molar-refractivity contribution in [2.45, 2.75) is 19.9 Å². The van der Waals surface area contributed by atoms with E-state index in [2.05, 4.69) is 20.9 Å². The number of amides is 2. The van der Waals surface area contributed by atoms with Crippen LogP contribution in [0.1, 0.15) is 19.4 Å². The van der Waals surface area contributed by atoms with Crippen LogP contribution in [0.3, 0.4) is 0 Å². The first-order valence-electron chi connectivity index (χ1n) is 5.03. The zero-order valence-electron chi connectivity index (χ0n) is 9.93. The van der Waals surface area contributed by atoms with Gasteiger partial charge >= 0.3 is 6.03 Å². The highest BCUT2D eigenvalue weighted by molar-refractivity contribution is 6.04. The maximum absolute atomic E-state index is 11.5. The first-order chi connectivity index (χ1) is 7.95. The number of urea groups is 1. The number of hydrogen-bond acceptors (Lipinski definition) is 4. The number of nitrogens with zero attached hydrogens (tertiary/aromatic N) is 3. The van der Waals surface area contributed by atoms with Gasteiger partial charge in [0.05, 0.1) is 11.8 Å². The first kappa shape index (κ1) is 12.8. The van der Waals surface area contributed by atoms with Gasteiger partial charge in [0.2, 0.25) is 0 Å². The Hall–Kier alpha value is -2.25. The summed E-state index contributed by atoms with van der Waals surface area (Å²) in [6.45, 7) is 3.68. The number of amidine groups is 1. The summed E-state index contributed by atoms with van der Waals surface area (Å²) in [6, 6.07) is -0.369. The number of aryl methyl sites for hydroxylation is 1. The third-order valence-corrected chi connectivity index (χ3v) is 1.97. The summed E-state index contributed by atoms with van der Waals surface area (Å²) in [5.41, 5.74) is 5.82. The number of nitrogens with one attached hydrogen (secondary N) is 2. The van der Waals surface area contributed by atoms with Gasteiger partial charge in [-0.2, -0.15) is 5.10 Å². The summed E-state index contributed by atoms with van der Waals surface area (Å²) in [5, 5.41) is 20.6. The van der Waals surface area contributed by atoms with Crippen molar-refractivity contribution in [1.29, 1.82) is 0 Å². The molecule has 0 unspecified atom stereocenters. The van der Waals surface area contributed by atoms with Crippen molar-refractivity contribution in [3.63, 3.8) is 0 Å². The van der Waals surface area contributed by atoms with Gasteiger partial charge in [-0.25, -0.2) is 4.79 Å². The number of carbonyl (C=O) groups is 1. The van der Waals surface area contributed by atoms with Crippen LogP contribution in [0, 0.1) is 0 Å². The predicted molar refractivity (Wildman–Crippen MR) is 63.0 cm³/mol. The zero-order chi connectivity index (χ0) is 13.0. The summed E-state index contributed by atoms with van der Waals surface area (Å²) in [7, 11) is 1.64. The molecule has 0 spiro atoms. The molecule has 0 saturated carbocycles. The molecule has 1 aromatic heterocycles. The molecular formula is C9H16N6O2. The standard InChI is InChI=1S/C9H16N6O2/c1-5(2)12-9(16)13-8-6(7(10)14-17)4-11-15(8)3/h4-5,17H,1-3H3,(H2,10,14)(H2,12,13,16). The fraction of sp³-hybridized carbons (Fsp3) is 0.444. The average molecular weight is 240 g/mol. The third kappa shape index (κ3) is 3.10. The molecular weight excluding hydrogens is 224 g/mol. The second-order valence-electron chi connectivity index (χ2n) is 3.77. The van der Waals surface area contributed by atoms with Crippen LogP contribution in [0.25, 0.3) is 0 Å². The lowest BCUT2D eigenvalue weighted by Crippen LogP contribution is -2.35. The number of carbonyl (C=O) groups excluding carboxylic acids is 1. The van der Waals surface area contributed by atoms with Crippen molar-refractivity contribution in [3.8, 4) is 0 Å². The Morgan fingerprint density at radius 3 is 2.82 bits per heavy atom. The number of anilines is 1. The number of nitrogens with two attached hydrogens (primary N) is 1. The maximum atomic E-state index is 11.5. The van der Waals surface area contributed by atoms with Gasteiger partial charge in [0.15, 0.2) is 5.84 Å². The normalized spacial score (nSPS) is 11.6. The van der Waals surface area contributed by atoms with Gasteiger partial charge in [-0.05, 0) is 13.8 Å². The van der Waals surface area contributed by atoms with Gasteiger partial charge in [-0.15, -0.1) is 0 Å². The molecule has 0 aliphatic heterocycles. The fourth-order valence-electron chi connectivity index (χ4n) is 1.23. The number of aromatic nitrogens is 2. The molecule has 0 aliphatic carbocycles. The van der Waals surface area contributed by atoms with E-state index in [4.69, 9.17) is 10.9 Å². The highest BCUT2D eigenvalue weighted by atomic mass is 16.4. The summed E-state index contributed by atoms with van der Waals surface area (Å²) < 4.78 is 1.42. The minimum absolute atomic E-state index is 0.00975. The first-order valence-corrected chi connectivity index (χ1v) is 5.03. The molecule has 0 aromatic carbocycles. The highest BCUT2D eigenvalue weighted by Crippen LogP contribution is 2.13. The molecule has 1 heterocycles. The molecule has 0 saturated heterocycles. The van der Waals surface area contributed by atoms with Gasteiger partial charge in [-0.3, -0.25) is 10.00 Å². The van der Waals surface area contributed by atoms with Crippen LogP contribution in [0.2, 0.25) is 0 Å². The number of hydrogen-bond donors (Lipinski definition) is 4. The summed E-state index contributed by atoms with van der Waals surface area (Å²) in [4.78, 5) is 11.5. The molecule has 0 radical (unpaired) electrons. The van der Waals surface area contributed by atoms with Crippen LogP contribution in [-0.4, -0.2) is 32.9 Å². The van der Waals surface area contributed by atoms with E-state index in [1.165, 1.54) is 10.9 Å². The Balaban J connectivity index is 2.90. The molecule has 0 aliphatic rings. The Bertz CT molecular complexity index is 437. The van der Waals surface area contributed by atoms with E-state index < -0.39 is 0 Å². The van der Waals surface area contributed by atoms with Gasteiger partial charge in [0.1, 0.15) is 5.82 Å². The molecule has 0 atom stereocenters. The van der Waals surface area contributed by atoms with Gasteiger partial charge in [0, 0.05) is 13.1 Å². The van der Waals surface area contributed by atoms with Crippen molar-refractivity contribution < 1.29 is 10.0 Å². The van der Waals surface area contributed by atoms with E-state index in [0.717, 1.165) is 0 Å². The summed E-state index contributed by atoms with van der Waals surface area (Å²) >= 11 is 0. The lowest BCUT2D eigenvalue weighted by molar-refractivity contribution is 0.249. The van der Waals surface area contributed by atoms with E-state index in [1.54, 1.807) is 7.05 Å². The monoisotopic (exact) mass is 240 g/mol. The van der Waals surface area contributed by atoms with E-state index in [0.29, 0.717) is 11.4 Å². The Morgan fingerprint density at radius 2 is 2.29 bits per heavy atom. The van der Waals surface area contributed by atoms with E-state index >= 15 is 0 Å². The van der Waals surface area contributed by atoms with Crippen LogP contribution in [0.4, 0.5) is 10.6 Å². The topological polar surface area (TPSA) is 118 Å². The van der Waals surface area contributed by atoms with E-state index in [1.807, 2.05) is 13.8 Å². The van der Waals surface area contributed by atoms with Crippen molar-refractivity contribution in [2.24, 2.45) is 17.9 Å². The molecule has 2 amide bonds.